The van der Waals surface area contributed by atoms with E-state index in [0.29, 0.717) is 0 Å². The van der Waals surface area contributed by atoms with E-state index in [-0.39, 0.29) is 17.9 Å². The molecule has 0 saturated carbocycles. The summed E-state index contributed by atoms with van der Waals surface area (Å²) in [6, 6.07) is 8.46. The van der Waals surface area contributed by atoms with Crippen molar-refractivity contribution >= 4 is 17.4 Å². The van der Waals surface area contributed by atoms with Crippen LogP contribution in [0.2, 0.25) is 0 Å². The Hall–Kier alpha value is -2.87. The van der Waals surface area contributed by atoms with Gasteiger partial charge in [-0.25, -0.2) is 13.2 Å². The Kier molecular flexibility index (Phi) is 5.42. The lowest BCUT2D eigenvalue weighted by atomic mass is 9.81. The summed E-state index contributed by atoms with van der Waals surface area (Å²) in [7, 11) is 0. The Labute approximate surface area is 159 Å². The Balaban J connectivity index is 1.71. The minimum atomic E-state index is -3.51. The molecule has 28 heavy (non-hydrogen) atoms. The normalized spacial score (nSPS) is 17.9. The highest BCUT2D eigenvalue weighted by molar-refractivity contribution is 6.08. The predicted octanol–water partition coefficient (Wildman–Crippen LogP) is 3.10. The van der Waals surface area contributed by atoms with Gasteiger partial charge in [-0.05, 0) is 24.1 Å². The van der Waals surface area contributed by atoms with E-state index >= 15 is 0 Å². The summed E-state index contributed by atoms with van der Waals surface area (Å²) >= 11 is 0. The summed E-state index contributed by atoms with van der Waals surface area (Å²) < 4.78 is 48.3. The number of benzene rings is 2. The molecule has 2 aromatic carbocycles. The van der Waals surface area contributed by atoms with Gasteiger partial charge in [0.2, 0.25) is 5.91 Å². The van der Waals surface area contributed by atoms with E-state index in [1.165, 1.54) is 6.92 Å². The number of ether oxygens (including phenoxy) is 1. The van der Waals surface area contributed by atoms with Crippen LogP contribution in [0, 0.1) is 12.7 Å². The topological polar surface area (TPSA) is 81.4 Å². The number of nitrogen functional groups attached to an aromatic ring is 1. The van der Waals surface area contributed by atoms with Crippen molar-refractivity contribution in [1.82, 2.24) is 5.32 Å². The first-order valence-electron chi connectivity index (χ1n) is 8.63. The lowest BCUT2D eigenvalue weighted by Gasteiger charge is -2.32. The van der Waals surface area contributed by atoms with Gasteiger partial charge in [-0.15, -0.1) is 0 Å². The molecule has 1 unspecified atom stereocenters. The summed E-state index contributed by atoms with van der Waals surface area (Å²) in [6.07, 6.45) is -0.965. The monoisotopic (exact) mass is 392 g/mol. The second-order valence-corrected chi connectivity index (χ2v) is 6.69. The maximum atomic E-state index is 14.6. The van der Waals surface area contributed by atoms with E-state index in [0.717, 1.165) is 11.6 Å². The van der Waals surface area contributed by atoms with E-state index in [2.05, 4.69) is 5.32 Å². The molecule has 0 spiro atoms. The smallest absolute Gasteiger partial charge is 0.276 e. The van der Waals surface area contributed by atoms with Gasteiger partial charge in [0.1, 0.15) is 12.4 Å². The highest BCUT2D eigenvalue weighted by Crippen LogP contribution is 2.44. The van der Waals surface area contributed by atoms with Gasteiger partial charge in [0.25, 0.3) is 5.92 Å². The largest absolute Gasteiger partial charge is 0.398 e. The second-order valence-electron chi connectivity index (χ2n) is 6.69. The van der Waals surface area contributed by atoms with Crippen LogP contribution >= 0.6 is 0 Å². The Morgan fingerprint density at radius 1 is 1.32 bits per heavy atom. The van der Waals surface area contributed by atoms with Crippen LogP contribution in [0.3, 0.4) is 0 Å². The molecule has 0 bridgehead atoms. The summed E-state index contributed by atoms with van der Waals surface area (Å²) in [6.45, 7) is 0.942. The van der Waals surface area contributed by atoms with Crippen molar-refractivity contribution in [1.29, 1.82) is 0 Å². The van der Waals surface area contributed by atoms with Crippen molar-refractivity contribution in [2.24, 2.45) is 0 Å². The molecule has 1 amide bonds. The van der Waals surface area contributed by atoms with Crippen LogP contribution < -0.4 is 11.1 Å². The maximum Gasteiger partial charge on any atom is 0.276 e. The van der Waals surface area contributed by atoms with Crippen LogP contribution in [0.25, 0.3) is 0 Å². The van der Waals surface area contributed by atoms with Crippen molar-refractivity contribution in [2.75, 3.05) is 12.3 Å². The van der Waals surface area contributed by atoms with E-state index < -0.39 is 53.6 Å². The Morgan fingerprint density at radius 3 is 2.68 bits per heavy atom. The molecule has 1 aliphatic rings. The van der Waals surface area contributed by atoms with Crippen molar-refractivity contribution in [2.45, 2.75) is 31.9 Å². The zero-order chi connectivity index (χ0) is 20.5. The Bertz CT molecular complexity index is 917. The number of ketones is 1. The molecular weight excluding hydrogens is 373 g/mol. The standard InChI is InChI=1S/C20H19F3N2O3/c1-11-13(21)7-14(24)17-18(11)20(22,23)8-15(19(17)27)25-16(26)10-28-9-12-5-3-2-4-6-12/h2-7,15H,8-10,24H2,1H3,(H,25,26). The highest BCUT2D eigenvalue weighted by atomic mass is 19.3. The van der Waals surface area contributed by atoms with Gasteiger partial charge in [-0.3, -0.25) is 9.59 Å². The average molecular weight is 392 g/mol. The number of Topliss-reactive ketones (excluding diaryl/α,β-unsaturated/α-hetero) is 1. The summed E-state index contributed by atoms with van der Waals surface area (Å²) in [5.41, 5.74) is 4.63. The van der Waals surface area contributed by atoms with Crippen molar-refractivity contribution in [3.05, 3.63) is 64.5 Å². The number of carbonyl (C=O) groups is 2. The first-order chi connectivity index (χ1) is 13.2. The predicted molar refractivity (Wildman–Crippen MR) is 96.4 cm³/mol. The van der Waals surface area contributed by atoms with Gasteiger partial charge >= 0.3 is 0 Å². The number of halogens is 3. The fourth-order valence-corrected chi connectivity index (χ4v) is 3.30. The molecule has 3 N–H and O–H groups in total. The first kappa shape index (κ1) is 19.9. The number of alkyl halides is 2. The quantitative estimate of drug-likeness (QED) is 0.767. The Morgan fingerprint density at radius 2 is 2.00 bits per heavy atom. The van der Waals surface area contributed by atoms with Gasteiger partial charge in [-0.1, -0.05) is 30.3 Å². The molecule has 0 saturated heterocycles. The number of nitrogens with one attached hydrogen (secondary N) is 1. The van der Waals surface area contributed by atoms with Crippen LogP contribution in [-0.2, 0) is 22.1 Å². The van der Waals surface area contributed by atoms with Crippen LogP contribution in [0.15, 0.2) is 36.4 Å². The SMILES string of the molecule is Cc1c(F)cc(N)c2c1C(F)(F)CC(NC(=O)COCc1ccccc1)C2=O. The van der Waals surface area contributed by atoms with Crippen LogP contribution in [-0.4, -0.2) is 24.3 Å². The lowest BCUT2D eigenvalue weighted by Crippen LogP contribution is -2.49. The number of hydrogen-bond donors (Lipinski definition) is 2. The number of anilines is 1. The highest BCUT2D eigenvalue weighted by Gasteiger charge is 2.48. The van der Waals surface area contributed by atoms with Crippen molar-refractivity contribution < 1.29 is 27.5 Å². The molecule has 1 aliphatic carbocycles. The fraction of sp³-hybridized carbons (Fsp3) is 0.300. The van der Waals surface area contributed by atoms with Crippen LogP contribution in [0.1, 0.15) is 33.5 Å². The number of carbonyl (C=O) groups excluding carboxylic acids is 2. The second kappa shape index (κ2) is 7.63. The zero-order valence-corrected chi connectivity index (χ0v) is 15.1. The third kappa shape index (κ3) is 3.87. The maximum absolute atomic E-state index is 14.6. The van der Waals surface area contributed by atoms with Gasteiger partial charge < -0.3 is 15.8 Å². The molecule has 0 fully saturated rings. The van der Waals surface area contributed by atoms with E-state index in [9.17, 15) is 22.8 Å². The average Bonchev–Trinajstić information content (AvgIpc) is 2.63. The molecule has 3 rings (SSSR count). The third-order valence-corrected chi connectivity index (χ3v) is 4.62. The first-order valence-corrected chi connectivity index (χ1v) is 8.63. The van der Waals surface area contributed by atoms with Gasteiger partial charge in [0.15, 0.2) is 5.78 Å². The summed E-state index contributed by atoms with van der Waals surface area (Å²) in [5.74, 6) is -5.88. The van der Waals surface area contributed by atoms with Gasteiger partial charge in [-0.2, -0.15) is 0 Å². The molecule has 0 radical (unpaired) electrons. The molecular formula is C20H19F3N2O3. The van der Waals surface area contributed by atoms with Crippen LogP contribution in [0.5, 0.6) is 0 Å². The molecule has 1 atom stereocenters. The van der Waals surface area contributed by atoms with Crippen molar-refractivity contribution in [3.63, 3.8) is 0 Å². The number of fused-ring (bicyclic) bond motifs is 1. The molecule has 5 nitrogen and oxygen atoms in total. The molecule has 2 aromatic rings. The van der Waals surface area contributed by atoms with E-state index in [1.807, 2.05) is 30.3 Å². The van der Waals surface area contributed by atoms with Gasteiger partial charge in [0, 0.05) is 17.7 Å². The zero-order valence-electron chi connectivity index (χ0n) is 15.1. The number of amides is 1. The van der Waals surface area contributed by atoms with E-state index in [4.69, 9.17) is 10.5 Å². The summed E-state index contributed by atoms with van der Waals surface area (Å²) in [4.78, 5) is 24.7. The number of nitrogens with two attached hydrogens (primary N) is 1. The minimum Gasteiger partial charge on any atom is -0.398 e. The minimum absolute atomic E-state index is 0.164. The van der Waals surface area contributed by atoms with Crippen molar-refractivity contribution in [3.8, 4) is 0 Å². The molecule has 0 aliphatic heterocycles. The van der Waals surface area contributed by atoms with Gasteiger partial charge in [0.05, 0.1) is 18.2 Å². The van der Waals surface area contributed by atoms with Crippen LogP contribution in [0.4, 0.5) is 18.9 Å². The number of rotatable bonds is 5. The molecule has 0 aromatic heterocycles. The molecule has 148 valence electrons. The number of hydrogen-bond acceptors (Lipinski definition) is 4. The lowest BCUT2D eigenvalue weighted by molar-refractivity contribution is -0.127. The third-order valence-electron chi connectivity index (χ3n) is 4.62. The molecule has 8 heteroatoms. The van der Waals surface area contributed by atoms with E-state index in [1.54, 1.807) is 0 Å². The fourth-order valence-electron chi connectivity index (χ4n) is 3.30. The summed E-state index contributed by atoms with van der Waals surface area (Å²) in [5, 5.41) is 2.27. The molecule has 0 heterocycles.